The van der Waals surface area contributed by atoms with E-state index < -0.39 is 42.3 Å². The lowest BCUT2D eigenvalue weighted by Crippen LogP contribution is -2.51. The predicted molar refractivity (Wildman–Crippen MR) is 106 cm³/mol. The Morgan fingerprint density at radius 2 is 1.70 bits per heavy atom. The van der Waals surface area contributed by atoms with E-state index in [1.807, 2.05) is 24.3 Å². The van der Waals surface area contributed by atoms with Gasteiger partial charge in [-0.1, -0.05) is 30.3 Å². The topological polar surface area (TPSA) is 108 Å². The van der Waals surface area contributed by atoms with Gasteiger partial charge in [0.2, 0.25) is 0 Å². The van der Waals surface area contributed by atoms with E-state index in [9.17, 15) is 19.5 Å². The van der Waals surface area contributed by atoms with Gasteiger partial charge in [0.1, 0.15) is 24.6 Å². The zero-order valence-corrected chi connectivity index (χ0v) is 17.0. The Hall–Kier alpha value is -3.13. The minimum absolute atomic E-state index is 0.0254. The molecule has 1 fully saturated rings. The summed E-state index contributed by atoms with van der Waals surface area (Å²) in [7, 11) is 0. The molecule has 0 aliphatic carbocycles. The third-order valence-corrected chi connectivity index (χ3v) is 4.86. The minimum Gasteiger partial charge on any atom is -0.508 e. The van der Waals surface area contributed by atoms with E-state index in [1.165, 1.54) is 20.8 Å². The average molecular weight is 416 g/mol. The van der Waals surface area contributed by atoms with Crippen LogP contribution in [0, 0.1) is 0 Å². The molecule has 160 valence electrons. The summed E-state index contributed by atoms with van der Waals surface area (Å²) in [6, 6.07) is 10.8. The summed E-state index contributed by atoms with van der Waals surface area (Å²) in [4.78, 5) is 34.7. The maximum atomic E-state index is 11.7. The van der Waals surface area contributed by atoms with E-state index >= 15 is 0 Å². The Kier molecular flexibility index (Phi) is 6.56. The van der Waals surface area contributed by atoms with Crippen molar-refractivity contribution in [1.82, 2.24) is 0 Å². The summed E-state index contributed by atoms with van der Waals surface area (Å²) >= 11 is 0. The van der Waals surface area contributed by atoms with Gasteiger partial charge in [-0.25, -0.2) is 0 Å². The standard InChI is InChI=1S/C22H24O8/c1-12(23)27-11-20-22(29-14(3)25)19(28-13(2)24)10-18(30-20)21-16-7-5-4-6-15(16)8-9-17(21)26/h4-9,18-20,22,26H,10-11H2,1-3H3/t18-,19-,20?,22+/m1/s1. The lowest BCUT2D eigenvalue weighted by Gasteiger charge is -2.40. The van der Waals surface area contributed by atoms with Gasteiger partial charge in [0, 0.05) is 32.8 Å². The molecule has 0 saturated carbocycles. The normalized spacial score (nSPS) is 23.6. The number of rotatable bonds is 5. The lowest BCUT2D eigenvalue weighted by molar-refractivity contribution is -0.216. The number of phenolic OH excluding ortho intramolecular Hbond substituents is 1. The van der Waals surface area contributed by atoms with Crippen molar-refractivity contribution in [3.63, 3.8) is 0 Å². The Balaban J connectivity index is 2.02. The van der Waals surface area contributed by atoms with Crippen LogP contribution in [0.25, 0.3) is 10.8 Å². The second kappa shape index (κ2) is 9.13. The first-order chi connectivity index (χ1) is 14.3. The molecule has 1 aliphatic rings. The van der Waals surface area contributed by atoms with Gasteiger partial charge in [-0.05, 0) is 16.8 Å². The molecule has 0 amide bonds. The van der Waals surface area contributed by atoms with Crippen LogP contribution in [0.2, 0.25) is 0 Å². The van der Waals surface area contributed by atoms with E-state index in [2.05, 4.69) is 0 Å². The predicted octanol–water partition coefficient (Wildman–Crippen LogP) is 2.80. The fourth-order valence-electron chi connectivity index (χ4n) is 3.74. The fourth-order valence-corrected chi connectivity index (χ4v) is 3.74. The maximum Gasteiger partial charge on any atom is 0.303 e. The van der Waals surface area contributed by atoms with E-state index in [0.717, 1.165) is 10.8 Å². The second-order valence-electron chi connectivity index (χ2n) is 7.14. The van der Waals surface area contributed by atoms with Gasteiger partial charge < -0.3 is 24.1 Å². The van der Waals surface area contributed by atoms with E-state index in [1.54, 1.807) is 12.1 Å². The molecule has 0 spiro atoms. The highest BCUT2D eigenvalue weighted by Gasteiger charge is 2.45. The Morgan fingerprint density at radius 3 is 2.37 bits per heavy atom. The molecule has 1 saturated heterocycles. The van der Waals surface area contributed by atoms with Crippen LogP contribution in [0.4, 0.5) is 0 Å². The molecule has 4 atom stereocenters. The molecule has 2 aromatic rings. The summed E-state index contributed by atoms with van der Waals surface area (Å²) in [5.74, 6) is -1.64. The van der Waals surface area contributed by atoms with Gasteiger partial charge in [0.15, 0.2) is 6.10 Å². The van der Waals surface area contributed by atoms with Gasteiger partial charge in [-0.2, -0.15) is 0 Å². The van der Waals surface area contributed by atoms with Gasteiger partial charge in [0.25, 0.3) is 0 Å². The zero-order chi connectivity index (χ0) is 21.8. The number of carbonyl (C=O) groups is 3. The molecule has 8 nitrogen and oxygen atoms in total. The molecule has 3 rings (SSSR count). The third kappa shape index (κ3) is 4.88. The molecule has 30 heavy (non-hydrogen) atoms. The molecule has 8 heteroatoms. The fraction of sp³-hybridized carbons (Fsp3) is 0.409. The monoisotopic (exact) mass is 416 g/mol. The molecule has 1 unspecified atom stereocenters. The number of carbonyl (C=O) groups excluding carboxylic acids is 3. The highest BCUT2D eigenvalue weighted by Crippen LogP contribution is 2.41. The van der Waals surface area contributed by atoms with Crippen LogP contribution in [0.3, 0.4) is 0 Å². The van der Waals surface area contributed by atoms with Crippen LogP contribution in [-0.4, -0.2) is 47.9 Å². The number of esters is 3. The van der Waals surface area contributed by atoms with Gasteiger partial charge in [-0.3, -0.25) is 14.4 Å². The number of ether oxygens (including phenoxy) is 4. The van der Waals surface area contributed by atoms with Crippen LogP contribution in [0.5, 0.6) is 5.75 Å². The number of hydrogen-bond acceptors (Lipinski definition) is 8. The average Bonchev–Trinajstić information content (AvgIpc) is 2.67. The van der Waals surface area contributed by atoms with Crippen LogP contribution < -0.4 is 0 Å². The van der Waals surface area contributed by atoms with Crippen molar-refractivity contribution in [2.75, 3.05) is 6.61 Å². The largest absolute Gasteiger partial charge is 0.508 e. The van der Waals surface area contributed by atoms with Crippen LogP contribution in [0.1, 0.15) is 38.9 Å². The summed E-state index contributed by atoms with van der Waals surface area (Å²) < 4.78 is 22.0. The van der Waals surface area contributed by atoms with E-state index in [-0.39, 0.29) is 18.8 Å². The van der Waals surface area contributed by atoms with Crippen molar-refractivity contribution in [3.05, 3.63) is 42.0 Å². The highest BCUT2D eigenvalue weighted by atomic mass is 16.6. The van der Waals surface area contributed by atoms with Crippen molar-refractivity contribution in [2.45, 2.75) is 51.6 Å². The van der Waals surface area contributed by atoms with Gasteiger partial charge in [-0.15, -0.1) is 0 Å². The second-order valence-corrected chi connectivity index (χ2v) is 7.14. The molecule has 0 bridgehead atoms. The molecule has 1 N–H and O–H groups in total. The van der Waals surface area contributed by atoms with Crippen molar-refractivity contribution in [2.24, 2.45) is 0 Å². The number of phenols is 1. The molecule has 2 aromatic carbocycles. The Morgan fingerprint density at radius 1 is 1.00 bits per heavy atom. The molecule has 1 aliphatic heterocycles. The quantitative estimate of drug-likeness (QED) is 0.586. The third-order valence-electron chi connectivity index (χ3n) is 4.86. The molecular weight excluding hydrogens is 392 g/mol. The zero-order valence-electron chi connectivity index (χ0n) is 17.0. The SMILES string of the molecule is CC(=O)OCC1O[C@@H](c2c(O)ccc3ccccc23)C[C@@H](OC(C)=O)[C@@H]1OC(C)=O. The number of benzene rings is 2. The van der Waals surface area contributed by atoms with Crippen molar-refractivity contribution in [3.8, 4) is 5.75 Å². The smallest absolute Gasteiger partial charge is 0.303 e. The van der Waals surface area contributed by atoms with Crippen LogP contribution in [0.15, 0.2) is 36.4 Å². The van der Waals surface area contributed by atoms with Crippen molar-refractivity contribution < 1.29 is 38.4 Å². The minimum atomic E-state index is -0.959. The van der Waals surface area contributed by atoms with Crippen molar-refractivity contribution >= 4 is 28.7 Å². The van der Waals surface area contributed by atoms with Gasteiger partial charge >= 0.3 is 17.9 Å². The Labute approximate surface area is 173 Å². The summed E-state index contributed by atoms with van der Waals surface area (Å²) in [5, 5.41) is 12.3. The number of hydrogen-bond donors (Lipinski definition) is 1. The van der Waals surface area contributed by atoms with Crippen LogP contribution >= 0.6 is 0 Å². The lowest BCUT2D eigenvalue weighted by atomic mass is 9.90. The Bertz CT molecular complexity index is 953. The maximum absolute atomic E-state index is 11.7. The van der Waals surface area contributed by atoms with Crippen LogP contribution in [-0.2, 0) is 33.3 Å². The summed E-state index contributed by atoms with van der Waals surface area (Å²) in [6.07, 6.45) is -3.23. The van der Waals surface area contributed by atoms with E-state index in [0.29, 0.717) is 5.56 Å². The molecule has 0 aromatic heterocycles. The summed E-state index contributed by atoms with van der Waals surface area (Å²) in [5.41, 5.74) is 0.527. The highest BCUT2D eigenvalue weighted by molar-refractivity contribution is 5.88. The first-order valence-corrected chi connectivity index (χ1v) is 9.60. The number of aromatic hydroxyl groups is 1. The first-order valence-electron chi connectivity index (χ1n) is 9.60. The molecular formula is C22H24O8. The number of fused-ring (bicyclic) bond motifs is 1. The van der Waals surface area contributed by atoms with E-state index in [4.69, 9.17) is 18.9 Å². The summed E-state index contributed by atoms with van der Waals surface area (Å²) in [6.45, 7) is 3.54. The molecule has 1 heterocycles. The van der Waals surface area contributed by atoms with Crippen molar-refractivity contribution in [1.29, 1.82) is 0 Å². The van der Waals surface area contributed by atoms with Gasteiger partial charge in [0.05, 0.1) is 6.10 Å². The first kappa shape index (κ1) is 21.6. The molecule has 0 radical (unpaired) electrons.